The Bertz CT molecular complexity index is 1540. The first-order valence-corrected chi connectivity index (χ1v) is 12.4. The van der Waals surface area contributed by atoms with Gasteiger partial charge >= 0.3 is 5.76 Å². The summed E-state index contributed by atoms with van der Waals surface area (Å²) in [7, 11) is 0.322. The number of oxazole rings is 1. The standard InChI is InChI=1S/C25H25N3O7S/c1-28-22-10-9-20(15-23(22)35-25(28)30)36(31,32)27-21(11-16-7-5-4-6-8-16)24(29)26-17-12-18(33-2)14-19(13-17)34-3/h4-10,12-15,21,27H,11H2,1-3H3,(H,26,29)/t21-/m1/s1. The molecule has 0 aliphatic carbocycles. The Balaban J connectivity index is 1.65. The van der Waals surface area contributed by atoms with Crippen LogP contribution in [0.1, 0.15) is 5.56 Å². The highest BCUT2D eigenvalue weighted by Gasteiger charge is 2.27. The maximum absolute atomic E-state index is 13.3. The van der Waals surface area contributed by atoms with E-state index in [4.69, 9.17) is 13.9 Å². The quantitative estimate of drug-likeness (QED) is 0.353. The molecule has 1 heterocycles. The van der Waals surface area contributed by atoms with Gasteiger partial charge in [-0.3, -0.25) is 9.36 Å². The molecule has 1 amide bonds. The largest absolute Gasteiger partial charge is 0.497 e. The number of ether oxygens (including phenoxy) is 2. The van der Waals surface area contributed by atoms with Crippen molar-refractivity contribution >= 4 is 32.7 Å². The number of amides is 1. The number of benzene rings is 3. The van der Waals surface area contributed by atoms with Gasteiger partial charge in [0.2, 0.25) is 15.9 Å². The van der Waals surface area contributed by atoms with Crippen molar-refractivity contribution in [3.05, 3.63) is 82.8 Å². The molecule has 1 aromatic heterocycles. The van der Waals surface area contributed by atoms with Crippen LogP contribution in [0.25, 0.3) is 11.1 Å². The Hall–Kier alpha value is -4.09. The molecule has 4 rings (SSSR count). The number of rotatable bonds is 9. The summed E-state index contributed by atoms with van der Waals surface area (Å²) in [6, 6.07) is 16.8. The van der Waals surface area contributed by atoms with E-state index in [9.17, 15) is 18.0 Å². The van der Waals surface area contributed by atoms with Gasteiger partial charge in [0.1, 0.15) is 17.5 Å². The van der Waals surface area contributed by atoms with Crippen LogP contribution in [0.5, 0.6) is 11.5 Å². The van der Waals surface area contributed by atoms with Crippen LogP contribution in [0.3, 0.4) is 0 Å². The van der Waals surface area contributed by atoms with E-state index in [1.54, 1.807) is 42.5 Å². The van der Waals surface area contributed by atoms with Gasteiger partial charge in [-0.15, -0.1) is 0 Å². The Morgan fingerprint density at radius 2 is 1.67 bits per heavy atom. The van der Waals surface area contributed by atoms with Gasteiger partial charge in [0, 0.05) is 37.0 Å². The minimum Gasteiger partial charge on any atom is -0.497 e. The van der Waals surface area contributed by atoms with Crippen molar-refractivity contribution < 1.29 is 27.1 Å². The molecule has 4 aromatic rings. The minimum absolute atomic E-state index is 0.0929. The molecule has 0 bridgehead atoms. The topological polar surface area (TPSA) is 129 Å². The molecule has 10 nitrogen and oxygen atoms in total. The molecule has 0 unspecified atom stereocenters. The van der Waals surface area contributed by atoms with E-state index in [-0.39, 0.29) is 16.9 Å². The molecular weight excluding hydrogens is 486 g/mol. The van der Waals surface area contributed by atoms with Crippen LogP contribution in [0.4, 0.5) is 5.69 Å². The number of sulfonamides is 1. The van der Waals surface area contributed by atoms with Crippen molar-refractivity contribution in [2.45, 2.75) is 17.4 Å². The smallest absolute Gasteiger partial charge is 0.419 e. The van der Waals surface area contributed by atoms with E-state index in [0.29, 0.717) is 22.7 Å². The first-order valence-electron chi connectivity index (χ1n) is 10.9. The third kappa shape index (κ3) is 5.42. The summed E-state index contributed by atoms with van der Waals surface area (Å²) in [4.78, 5) is 25.0. The van der Waals surface area contributed by atoms with E-state index in [0.717, 1.165) is 5.56 Å². The highest BCUT2D eigenvalue weighted by molar-refractivity contribution is 7.89. The summed E-state index contributed by atoms with van der Waals surface area (Å²) in [5, 5.41) is 2.74. The summed E-state index contributed by atoms with van der Waals surface area (Å²) in [6.45, 7) is 0. The van der Waals surface area contributed by atoms with E-state index >= 15 is 0 Å². The molecule has 0 saturated carbocycles. The van der Waals surface area contributed by atoms with Crippen LogP contribution in [0, 0.1) is 0 Å². The third-order valence-corrected chi connectivity index (χ3v) is 7.06. The Morgan fingerprint density at radius 3 is 2.31 bits per heavy atom. The average Bonchev–Trinajstić information content (AvgIpc) is 3.16. The molecule has 1 atom stereocenters. The summed E-state index contributed by atoms with van der Waals surface area (Å²) in [5.41, 5.74) is 1.71. The van der Waals surface area contributed by atoms with E-state index < -0.39 is 27.7 Å². The summed E-state index contributed by atoms with van der Waals surface area (Å²) in [5.74, 6) is -0.266. The number of aryl methyl sites for hydroxylation is 1. The van der Waals surface area contributed by atoms with Crippen molar-refractivity contribution in [1.29, 1.82) is 0 Å². The second kappa shape index (κ2) is 10.3. The van der Waals surface area contributed by atoms with Gasteiger partial charge in [-0.2, -0.15) is 4.72 Å². The van der Waals surface area contributed by atoms with Crippen molar-refractivity contribution in [1.82, 2.24) is 9.29 Å². The number of nitrogens with one attached hydrogen (secondary N) is 2. The number of methoxy groups -OCH3 is 2. The lowest BCUT2D eigenvalue weighted by molar-refractivity contribution is -0.117. The number of hydrogen-bond acceptors (Lipinski definition) is 7. The number of anilines is 1. The maximum Gasteiger partial charge on any atom is 0.419 e. The number of nitrogens with zero attached hydrogens (tertiary/aromatic N) is 1. The monoisotopic (exact) mass is 511 g/mol. The minimum atomic E-state index is -4.17. The molecule has 3 aromatic carbocycles. The van der Waals surface area contributed by atoms with E-state index in [2.05, 4.69) is 10.0 Å². The Labute approximate surface area is 207 Å². The van der Waals surface area contributed by atoms with Gasteiger partial charge in [-0.25, -0.2) is 13.2 Å². The number of carbonyl (C=O) groups is 1. The molecule has 0 spiro atoms. The van der Waals surface area contributed by atoms with Gasteiger partial charge in [-0.05, 0) is 24.1 Å². The van der Waals surface area contributed by atoms with Crippen LogP contribution in [-0.4, -0.2) is 39.2 Å². The molecule has 36 heavy (non-hydrogen) atoms. The van der Waals surface area contributed by atoms with Crippen LogP contribution in [0.2, 0.25) is 0 Å². The van der Waals surface area contributed by atoms with Crippen LogP contribution in [0.15, 0.2) is 80.8 Å². The van der Waals surface area contributed by atoms with Crippen molar-refractivity contribution in [2.24, 2.45) is 7.05 Å². The van der Waals surface area contributed by atoms with Crippen LogP contribution in [-0.2, 0) is 28.3 Å². The highest BCUT2D eigenvalue weighted by Crippen LogP contribution is 2.26. The fourth-order valence-electron chi connectivity index (χ4n) is 3.68. The van der Waals surface area contributed by atoms with Gasteiger partial charge in [0.15, 0.2) is 5.58 Å². The van der Waals surface area contributed by atoms with E-state index in [1.165, 1.54) is 44.0 Å². The van der Waals surface area contributed by atoms with Gasteiger partial charge in [0.05, 0.1) is 24.6 Å². The number of hydrogen-bond donors (Lipinski definition) is 2. The lowest BCUT2D eigenvalue weighted by atomic mass is 10.1. The molecule has 2 N–H and O–H groups in total. The first kappa shape index (κ1) is 25.0. The second-order valence-corrected chi connectivity index (χ2v) is 9.72. The second-order valence-electron chi connectivity index (χ2n) is 8.01. The number of fused-ring (bicyclic) bond motifs is 1. The fraction of sp³-hybridized carbons (Fsp3) is 0.200. The zero-order valence-electron chi connectivity index (χ0n) is 19.8. The van der Waals surface area contributed by atoms with Crippen molar-refractivity contribution in [3.8, 4) is 11.5 Å². The molecule has 188 valence electrons. The average molecular weight is 512 g/mol. The molecule has 0 aliphatic rings. The highest BCUT2D eigenvalue weighted by atomic mass is 32.2. The molecule has 0 saturated heterocycles. The number of aromatic nitrogens is 1. The van der Waals surface area contributed by atoms with Gasteiger partial charge in [0.25, 0.3) is 0 Å². The molecule has 11 heteroatoms. The first-order chi connectivity index (χ1) is 17.2. The van der Waals surface area contributed by atoms with Crippen molar-refractivity contribution in [2.75, 3.05) is 19.5 Å². The maximum atomic E-state index is 13.3. The summed E-state index contributed by atoms with van der Waals surface area (Å²) in [6.07, 6.45) is 0.0929. The fourth-order valence-corrected chi connectivity index (χ4v) is 4.89. The number of carbonyl (C=O) groups excluding carboxylic acids is 1. The van der Waals surface area contributed by atoms with Crippen LogP contribution >= 0.6 is 0 Å². The lowest BCUT2D eigenvalue weighted by Crippen LogP contribution is -2.45. The zero-order valence-corrected chi connectivity index (χ0v) is 20.7. The zero-order chi connectivity index (χ0) is 25.9. The van der Waals surface area contributed by atoms with E-state index in [1.807, 2.05) is 6.07 Å². The SMILES string of the molecule is COc1cc(NC(=O)[C@@H](Cc2ccccc2)NS(=O)(=O)c2ccc3c(c2)oc(=O)n3C)cc(OC)c1. The third-order valence-electron chi connectivity index (χ3n) is 5.59. The lowest BCUT2D eigenvalue weighted by Gasteiger charge is -2.19. The molecular formula is C25H25N3O7S. The van der Waals surface area contributed by atoms with Gasteiger partial charge in [-0.1, -0.05) is 30.3 Å². The molecule has 0 fully saturated rings. The predicted molar refractivity (Wildman–Crippen MR) is 134 cm³/mol. The van der Waals surface area contributed by atoms with Crippen LogP contribution < -0.4 is 25.3 Å². The Morgan fingerprint density at radius 1 is 1.00 bits per heavy atom. The predicted octanol–water partition coefficient (Wildman–Crippen LogP) is 2.68. The van der Waals surface area contributed by atoms with Gasteiger partial charge < -0.3 is 19.2 Å². The normalized spacial score (nSPS) is 12.3. The van der Waals surface area contributed by atoms with Crippen molar-refractivity contribution in [3.63, 3.8) is 0 Å². The molecule has 0 aliphatic heterocycles. The summed E-state index contributed by atoms with van der Waals surface area (Å²) < 4.78 is 45.9. The Kier molecular flexibility index (Phi) is 7.13. The molecule has 0 radical (unpaired) electrons. The summed E-state index contributed by atoms with van der Waals surface area (Å²) >= 11 is 0.